The molecule has 1 aliphatic heterocycles. The molecule has 1 aromatic carbocycles. The summed E-state index contributed by atoms with van der Waals surface area (Å²) in [4.78, 5) is 2.14. The van der Waals surface area contributed by atoms with Gasteiger partial charge in [0.25, 0.3) is 0 Å². The molecule has 126 valence electrons. The molecule has 1 N–H and O–H groups in total. The van der Waals surface area contributed by atoms with Crippen LogP contribution in [0.25, 0.3) is 0 Å². The fourth-order valence-corrected chi connectivity index (χ4v) is 3.49. The summed E-state index contributed by atoms with van der Waals surface area (Å²) in [6.45, 7) is 16.1. The molecule has 23 heavy (non-hydrogen) atoms. The summed E-state index contributed by atoms with van der Waals surface area (Å²) in [7, 11) is 0. The van der Waals surface area contributed by atoms with Crippen molar-refractivity contribution < 1.29 is 5.11 Å². The van der Waals surface area contributed by atoms with Crippen LogP contribution in [0.5, 0.6) is 0 Å². The number of hydrogen-bond acceptors (Lipinski definition) is 2. The number of aliphatic hydroxyl groups excluding tert-OH is 1. The smallest absolute Gasteiger partial charge is 0.131 e. The largest absolute Gasteiger partial charge is 0.506 e. The fraction of sp³-hybridized carbons (Fsp3) is 0.500. The van der Waals surface area contributed by atoms with Crippen LogP contribution in [0, 0.1) is 5.92 Å². The van der Waals surface area contributed by atoms with Crippen LogP contribution in [0.3, 0.4) is 0 Å². The lowest BCUT2D eigenvalue weighted by Gasteiger charge is -2.24. The molecule has 1 unspecified atom stereocenters. The Morgan fingerprint density at radius 1 is 1.35 bits per heavy atom. The van der Waals surface area contributed by atoms with Crippen LogP contribution >= 0.6 is 11.6 Å². The molecule has 0 aromatic heterocycles. The van der Waals surface area contributed by atoms with Gasteiger partial charge in [-0.2, -0.15) is 0 Å². The second-order valence-corrected chi connectivity index (χ2v) is 8.02. The summed E-state index contributed by atoms with van der Waals surface area (Å²) in [6, 6.07) is 6.27. The Hall–Kier alpha value is -1.41. The second kappa shape index (κ2) is 7.00. The van der Waals surface area contributed by atoms with Gasteiger partial charge in [0.15, 0.2) is 0 Å². The molecule has 0 bridgehead atoms. The maximum absolute atomic E-state index is 9.48. The average molecular weight is 334 g/mol. The first-order chi connectivity index (χ1) is 10.7. The quantitative estimate of drug-likeness (QED) is 0.570. The fourth-order valence-electron chi connectivity index (χ4n) is 3.32. The summed E-state index contributed by atoms with van der Waals surface area (Å²) in [6.07, 6.45) is 3.35. The van der Waals surface area contributed by atoms with E-state index in [1.165, 1.54) is 11.1 Å². The molecule has 2 nitrogen and oxygen atoms in total. The van der Waals surface area contributed by atoms with E-state index in [9.17, 15) is 5.11 Å². The Morgan fingerprint density at radius 3 is 2.65 bits per heavy atom. The minimum atomic E-state index is 0.0818. The van der Waals surface area contributed by atoms with Crippen molar-refractivity contribution in [2.24, 2.45) is 5.92 Å². The molecule has 2 rings (SSSR count). The summed E-state index contributed by atoms with van der Waals surface area (Å²) in [5.74, 6) is 0.716. The van der Waals surface area contributed by atoms with Gasteiger partial charge in [0, 0.05) is 18.1 Å². The van der Waals surface area contributed by atoms with Crippen molar-refractivity contribution in [2.45, 2.75) is 45.4 Å². The third-order valence-corrected chi connectivity index (χ3v) is 4.94. The molecule has 3 heteroatoms. The summed E-state index contributed by atoms with van der Waals surface area (Å²) >= 11 is 6.19. The summed E-state index contributed by atoms with van der Waals surface area (Å²) < 4.78 is 0. The summed E-state index contributed by atoms with van der Waals surface area (Å²) in [5, 5.41) is 10.3. The molecule has 1 atom stereocenters. The van der Waals surface area contributed by atoms with Crippen LogP contribution in [0.2, 0.25) is 5.02 Å². The molecular weight excluding hydrogens is 306 g/mol. The standard InChI is InChI=1S/C20H28ClNO/c1-14(15(2)23)22-11-10-16(13-22)6-7-17-8-9-18(21)12-19(17)20(3,4)5/h8-9,12,16,23H,1-2,6-7,10-11,13H2,3-5H3. The van der Waals surface area contributed by atoms with Crippen LogP contribution in [0.15, 0.2) is 42.8 Å². The van der Waals surface area contributed by atoms with Gasteiger partial charge in [0.05, 0.1) is 5.70 Å². The van der Waals surface area contributed by atoms with E-state index in [4.69, 9.17) is 11.6 Å². The number of aryl methyl sites for hydroxylation is 1. The summed E-state index contributed by atoms with van der Waals surface area (Å²) in [5.41, 5.74) is 3.50. The molecule has 0 saturated carbocycles. The Bertz CT molecular complexity index is 600. The third-order valence-electron chi connectivity index (χ3n) is 4.70. The molecule has 0 amide bonds. The normalized spacial score (nSPS) is 18.3. The van der Waals surface area contributed by atoms with E-state index >= 15 is 0 Å². The maximum atomic E-state index is 9.48. The molecule has 1 saturated heterocycles. The second-order valence-electron chi connectivity index (χ2n) is 7.58. The third kappa shape index (κ3) is 4.54. The Balaban J connectivity index is 2.00. The van der Waals surface area contributed by atoms with E-state index in [1.54, 1.807) is 0 Å². The van der Waals surface area contributed by atoms with Gasteiger partial charge >= 0.3 is 0 Å². The molecule has 0 spiro atoms. The zero-order valence-corrected chi connectivity index (χ0v) is 15.3. The van der Waals surface area contributed by atoms with Crippen LogP contribution in [-0.2, 0) is 11.8 Å². The Labute approximate surface area is 145 Å². The number of halogens is 1. The van der Waals surface area contributed by atoms with Gasteiger partial charge in [-0.15, -0.1) is 0 Å². The Morgan fingerprint density at radius 2 is 2.04 bits per heavy atom. The predicted octanol–water partition coefficient (Wildman–Crippen LogP) is 5.48. The van der Waals surface area contributed by atoms with Crippen molar-refractivity contribution in [1.82, 2.24) is 4.90 Å². The van der Waals surface area contributed by atoms with E-state index in [0.29, 0.717) is 11.6 Å². The molecular formula is C20H28ClNO. The molecule has 1 fully saturated rings. The molecule has 0 aliphatic carbocycles. The zero-order chi connectivity index (χ0) is 17.2. The highest BCUT2D eigenvalue weighted by Gasteiger charge is 2.25. The van der Waals surface area contributed by atoms with Gasteiger partial charge in [0.1, 0.15) is 5.76 Å². The minimum absolute atomic E-state index is 0.0818. The van der Waals surface area contributed by atoms with Crippen LogP contribution < -0.4 is 0 Å². The first-order valence-corrected chi connectivity index (χ1v) is 8.67. The van der Waals surface area contributed by atoms with Crippen LogP contribution in [0.4, 0.5) is 0 Å². The highest BCUT2D eigenvalue weighted by molar-refractivity contribution is 6.30. The number of likely N-dealkylation sites (tertiary alicyclic amines) is 1. The predicted molar refractivity (Wildman–Crippen MR) is 99.1 cm³/mol. The van der Waals surface area contributed by atoms with Crippen molar-refractivity contribution >= 4 is 11.6 Å². The SMILES string of the molecule is C=C(O)C(=C)N1CCC(CCc2ccc(Cl)cc2C(C)(C)C)C1. The van der Waals surface area contributed by atoms with Gasteiger partial charge in [-0.25, -0.2) is 0 Å². The number of benzene rings is 1. The monoisotopic (exact) mass is 333 g/mol. The molecule has 1 aliphatic rings. The lowest BCUT2D eigenvalue weighted by molar-refractivity contribution is 0.340. The molecule has 0 radical (unpaired) electrons. The van der Waals surface area contributed by atoms with E-state index in [0.717, 1.165) is 37.4 Å². The topological polar surface area (TPSA) is 23.5 Å². The van der Waals surface area contributed by atoms with Gasteiger partial charge in [-0.1, -0.05) is 51.6 Å². The van der Waals surface area contributed by atoms with E-state index < -0.39 is 0 Å². The first-order valence-electron chi connectivity index (χ1n) is 8.29. The van der Waals surface area contributed by atoms with Crippen molar-refractivity contribution in [3.63, 3.8) is 0 Å². The number of aliphatic hydroxyl groups is 1. The van der Waals surface area contributed by atoms with E-state index in [2.05, 4.69) is 51.0 Å². The Kier molecular flexibility index (Phi) is 5.46. The molecule has 1 aromatic rings. The van der Waals surface area contributed by atoms with Gasteiger partial charge < -0.3 is 10.0 Å². The number of nitrogens with zero attached hydrogens (tertiary/aromatic N) is 1. The van der Waals surface area contributed by atoms with Crippen LogP contribution in [0.1, 0.15) is 44.7 Å². The van der Waals surface area contributed by atoms with Crippen molar-refractivity contribution in [3.8, 4) is 0 Å². The highest BCUT2D eigenvalue weighted by atomic mass is 35.5. The van der Waals surface area contributed by atoms with Gasteiger partial charge in [0.2, 0.25) is 0 Å². The van der Waals surface area contributed by atoms with Gasteiger partial charge in [-0.05, 0) is 53.9 Å². The van der Waals surface area contributed by atoms with Crippen molar-refractivity contribution in [3.05, 3.63) is 59.0 Å². The lowest BCUT2D eigenvalue weighted by Crippen LogP contribution is -2.20. The minimum Gasteiger partial charge on any atom is -0.506 e. The van der Waals surface area contributed by atoms with Crippen molar-refractivity contribution in [1.29, 1.82) is 0 Å². The number of hydrogen-bond donors (Lipinski definition) is 1. The lowest BCUT2D eigenvalue weighted by atomic mass is 9.82. The zero-order valence-electron chi connectivity index (χ0n) is 14.5. The van der Waals surface area contributed by atoms with Crippen LogP contribution in [-0.4, -0.2) is 23.1 Å². The van der Waals surface area contributed by atoms with Gasteiger partial charge in [-0.3, -0.25) is 0 Å². The molecule has 1 heterocycles. The van der Waals surface area contributed by atoms with E-state index in [-0.39, 0.29) is 11.2 Å². The van der Waals surface area contributed by atoms with E-state index in [1.807, 2.05) is 6.07 Å². The number of rotatable bonds is 5. The van der Waals surface area contributed by atoms with Crippen molar-refractivity contribution in [2.75, 3.05) is 13.1 Å². The maximum Gasteiger partial charge on any atom is 0.131 e. The highest BCUT2D eigenvalue weighted by Crippen LogP contribution is 2.31. The average Bonchev–Trinajstić information content (AvgIpc) is 2.92. The first kappa shape index (κ1) is 17.9.